The highest BCUT2D eigenvalue weighted by Crippen LogP contribution is 2.51. The van der Waals surface area contributed by atoms with Crippen LogP contribution in [0.1, 0.15) is 11.1 Å². The molecule has 9 rings (SSSR count). The van der Waals surface area contributed by atoms with Gasteiger partial charge < -0.3 is 0 Å². The van der Waals surface area contributed by atoms with E-state index in [1.54, 1.807) is 24.3 Å². The Kier molecular flexibility index (Phi) is 5.92. The molecule has 48 heavy (non-hydrogen) atoms. The van der Waals surface area contributed by atoms with Crippen molar-refractivity contribution in [2.45, 2.75) is 12.4 Å². The van der Waals surface area contributed by atoms with E-state index in [0.717, 1.165) is 100 Å². The number of halogens is 6. The van der Waals surface area contributed by atoms with Crippen LogP contribution in [0.3, 0.4) is 0 Å². The third kappa shape index (κ3) is 4.05. The Balaban J connectivity index is 1.47. The number of rotatable bonds is 2. The molecule has 0 saturated heterocycles. The lowest BCUT2D eigenvalue weighted by Crippen LogP contribution is -2.04. The largest absolute Gasteiger partial charge is 0.416 e. The van der Waals surface area contributed by atoms with Gasteiger partial charge in [-0.15, -0.1) is 0 Å². The smallest absolute Gasteiger partial charge is 0.166 e. The second kappa shape index (κ2) is 9.94. The molecule has 0 fully saturated rings. The molecule has 0 spiro atoms. The second-order valence-electron chi connectivity index (χ2n) is 12.2. The summed E-state index contributed by atoms with van der Waals surface area (Å²) in [6.07, 6.45) is -8.88. The molecule has 0 unspecified atom stereocenters. The van der Waals surface area contributed by atoms with Crippen LogP contribution in [-0.2, 0) is 12.4 Å². The molecule has 0 aliphatic carbocycles. The molecule has 9 aromatic carbocycles. The van der Waals surface area contributed by atoms with Crippen LogP contribution in [0, 0.1) is 0 Å². The Labute approximate surface area is 269 Å². The van der Waals surface area contributed by atoms with E-state index in [1.807, 2.05) is 60.7 Å². The Morgan fingerprint density at radius 2 is 0.562 bits per heavy atom. The van der Waals surface area contributed by atoms with Gasteiger partial charge in [-0.1, -0.05) is 109 Å². The zero-order chi connectivity index (χ0) is 32.9. The number of fused-ring (bicyclic) bond motifs is 6. The molecular formula is C42H22F6. The summed E-state index contributed by atoms with van der Waals surface area (Å²) in [5, 5.41) is 11.7. The van der Waals surface area contributed by atoms with Crippen LogP contribution in [0.5, 0.6) is 0 Å². The minimum atomic E-state index is -4.44. The van der Waals surface area contributed by atoms with Gasteiger partial charge in [0.05, 0.1) is 11.1 Å². The molecule has 0 atom stereocenters. The van der Waals surface area contributed by atoms with Crippen LogP contribution in [-0.4, -0.2) is 0 Å². The van der Waals surface area contributed by atoms with Gasteiger partial charge in [0.1, 0.15) is 0 Å². The van der Waals surface area contributed by atoms with Crippen molar-refractivity contribution >= 4 is 64.6 Å². The highest BCUT2D eigenvalue weighted by molar-refractivity contribution is 6.44. The van der Waals surface area contributed by atoms with E-state index in [4.69, 9.17) is 0 Å². The van der Waals surface area contributed by atoms with E-state index in [2.05, 4.69) is 24.3 Å². The summed E-state index contributed by atoms with van der Waals surface area (Å²) >= 11 is 0. The Morgan fingerprint density at radius 3 is 0.917 bits per heavy atom. The minimum absolute atomic E-state index is 0.689. The van der Waals surface area contributed by atoms with Gasteiger partial charge in [-0.05, 0) is 111 Å². The van der Waals surface area contributed by atoms with Crippen LogP contribution in [0.25, 0.3) is 86.9 Å². The number of hydrogen-bond donors (Lipinski definition) is 0. The van der Waals surface area contributed by atoms with Gasteiger partial charge in [-0.2, -0.15) is 26.3 Å². The monoisotopic (exact) mass is 640 g/mol. The van der Waals surface area contributed by atoms with Crippen LogP contribution in [0.4, 0.5) is 26.3 Å². The maximum atomic E-state index is 13.5. The normalized spacial score (nSPS) is 12.8. The van der Waals surface area contributed by atoms with E-state index < -0.39 is 23.5 Å². The fourth-order valence-corrected chi connectivity index (χ4v) is 7.71. The molecule has 0 N–H and O–H groups in total. The Morgan fingerprint density at radius 1 is 0.271 bits per heavy atom. The van der Waals surface area contributed by atoms with E-state index in [1.165, 1.54) is 0 Å². The molecule has 0 saturated carbocycles. The fraction of sp³-hybridized carbons (Fsp3) is 0.0476. The summed E-state index contributed by atoms with van der Waals surface area (Å²) in [5.41, 5.74) is 1.70. The van der Waals surface area contributed by atoms with Crippen LogP contribution >= 0.6 is 0 Å². The fourth-order valence-electron chi connectivity index (χ4n) is 7.71. The topological polar surface area (TPSA) is 0 Å². The Hall–Kier alpha value is -5.62. The van der Waals surface area contributed by atoms with Crippen molar-refractivity contribution in [1.82, 2.24) is 0 Å². The standard InChI is InChI=1S/C42H22F6/c43-41(44,45)25-19-15-23(16-20-25)35-27-7-1-3-9-29(27)37-33-13-6-12-32-36(24-17-21-26(22-18-24)42(46,47)48)28-8-2-4-10-30(28)38(40(32)33)34-14-5-11-31(35)39(34)37/h1-22H. The van der Waals surface area contributed by atoms with E-state index in [-0.39, 0.29) is 0 Å². The average Bonchev–Trinajstić information content (AvgIpc) is 3.08. The third-order valence-electron chi connectivity index (χ3n) is 9.64. The predicted octanol–water partition coefficient (Wildman–Crippen LogP) is 13.4. The maximum absolute atomic E-state index is 13.5. The van der Waals surface area contributed by atoms with Crippen molar-refractivity contribution in [3.63, 3.8) is 0 Å². The van der Waals surface area contributed by atoms with Gasteiger partial charge in [0.2, 0.25) is 0 Å². The first kappa shape index (κ1) is 28.6. The van der Waals surface area contributed by atoms with Gasteiger partial charge in [-0.3, -0.25) is 0 Å². The lowest BCUT2D eigenvalue weighted by molar-refractivity contribution is -0.138. The summed E-state index contributed by atoms with van der Waals surface area (Å²) in [4.78, 5) is 0. The van der Waals surface area contributed by atoms with Crippen molar-refractivity contribution < 1.29 is 26.3 Å². The lowest BCUT2D eigenvalue weighted by Gasteiger charge is -2.22. The van der Waals surface area contributed by atoms with Crippen molar-refractivity contribution in [2.24, 2.45) is 0 Å². The average molecular weight is 641 g/mol. The highest BCUT2D eigenvalue weighted by Gasteiger charge is 2.31. The molecule has 0 aromatic heterocycles. The summed E-state index contributed by atoms with van der Waals surface area (Å²) in [5.74, 6) is 0. The first-order valence-corrected chi connectivity index (χ1v) is 15.4. The van der Waals surface area contributed by atoms with Gasteiger partial charge in [0, 0.05) is 0 Å². The van der Waals surface area contributed by atoms with Crippen LogP contribution < -0.4 is 0 Å². The molecule has 0 aliphatic rings. The molecule has 6 heteroatoms. The van der Waals surface area contributed by atoms with Gasteiger partial charge >= 0.3 is 12.4 Å². The molecule has 9 aromatic rings. The van der Waals surface area contributed by atoms with Gasteiger partial charge in [-0.25, -0.2) is 0 Å². The molecule has 0 heterocycles. The van der Waals surface area contributed by atoms with E-state index in [0.29, 0.717) is 11.1 Å². The van der Waals surface area contributed by atoms with Crippen molar-refractivity contribution in [2.75, 3.05) is 0 Å². The molecule has 0 radical (unpaired) electrons. The van der Waals surface area contributed by atoms with Crippen molar-refractivity contribution in [3.8, 4) is 22.3 Å². The van der Waals surface area contributed by atoms with Gasteiger partial charge in [0.15, 0.2) is 0 Å². The van der Waals surface area contributed by atoms with Crippen LogP contribution in [0.2, 0.25) is 0 Å². The maximum Gasteiger partial charge on any atom is 0.416 e. The summed E-state index contributed by atoms with van der Waals surface area (Å²) in [6.45, 7) is 0. The number of hydrogen-bond acceptors (Lipinski definition) is 0. The second-order valence-corrected chi connectivity index (χ2v) is 12.2. The van der Waals surface area contributed by atoms with Crippen LogP contribution in [0.15, 0.2) is 133 Å². The first-order chi connectivity index (χ1) is 23.1. The quantitative estimate of drug-likeness (QED) is 0.100. The minimum Gasteiger partial charge on any atom is -0.166 e. The molecule has 0 amide bonds. The summed E-state index contributed by atoms with van der Waals surface area (Å²) in [6, 6.07) is 38.8. The molecular weight excluding hydrogens is 618 g/mol. The zero-order valence-electron chi connectivity index (χ0n) is 25.0. The predicted molar refractivity (Wildman–Crippen MR) is 184 cm³/mol. The van der Waals surface area contributed by atoms with Crippen molar-refractivity contribution in [1.29, 1.82) is 0 Å². The van der Waals surface area contributed by atoms with Gasteiger partial charge in [0.25, 0.3) is 0 Å². The summed E-state index contributed by atoms with van der Waals surface area (Å²) in [7, 11) is 0. The zero-order valence-corrected chi connectivity index (χ0v) is 25.0. The molecule has 0 bridgehead atoms. The SMILES string of the molecule is FC(F)(F)c1ccc(-c2c3ccccc3c3c4cccc5c(-c6ccc(C(F)(F)F)cc6)c6ccccc6c(c6cccc2c63)c54)cc1. The Bertz CT molecular complexity index is 2530. The van der Waals surface area contributed by atoms with Crippen molar-refractivity contribution in [3.05, 3.63) is 145 Å². The number of alkyl halides is 6. The number of benzene rings is 9. The van der Waals surface area contributed by atoms with E-state index >= 15 is 0 Å². The highest BCUT2D eigenvalue weighted by atomic mass is 19.4. The summed E-state index contributed by atoms with van der Waals surface area (Å²) < 4.78 is 81.1. The van der Waals surface area contributed by atoms with E-state index in [9.17, 15) is 26.3 Å². The molecule has 0 nitrogen and oxygen atoms in total. The molecule has 0 aliphatic heterocycles. The first-order valence-electron chi connectivity index (χ1n) is 15.4. The lowest BCUT2D eigenvalue weighted by atomic mass is 9.80. The molecule has 232 valence electrons. The third-order valence-corrected chi connectivity index (χ3v) is 9.64.